The number of hydrogen-bond donors (Lipinski definition) is 1. The molecule has 0 radical (unpaired) electrons. The van der Waals surface area contributed by atoms with Gasteiger partial charge in [0.05, 0.1) is 25.4 Å². The average Bonchev–Trinajstić information content (AvgIpc) is 3.15. The van der Waals surface area contributed by atoms with E-state index in [2.05, 4.69) is 19.1 Å². The monoisotopic (exact) mass is 478 g/mol. The average molecular weight is 479 g/mol. The molecule has 5 nitrogen and oxygen atoms in total. The second-order valence-corrected chi connectivity index (χ2v) is 11.2. The third-order valence-electron chi connectivity index (χ3n) is 9.82. The minimum absolute atomic E-state index is 0.0529. The van der Waals surface area contributed by atoms with Crippen LogP contribution in [0.2, 0.25) is 0 Å². The molecule has 0 bridgehead atoms. The molecule has 5 atom stereocenters. The van der Waals surface area contributed by atoms with Crippen LogP contribution in [0.25, 0.3) is 0 Å². The molecule has 5 rings (SSSR count). The zero-order chi connectivity index (χ0) is 24.8. The molecular weight excluding hydrogens is 440 g/mol. The van der Waals surface area contributed by atoms with Crippen molar-refractivity contribution in [3.05, 3.63) is 58.2 Å². The second-order valence-electron chi connectivity index (χ2n) is 11.2. The molecule has 0 saturated heterocycles. The predicted molar refractivity (Wildman–Crippen MR) is 134 cm³/mol. The number of rotatable bonds is 6. The Kier molecular flexibility index (Phi) is 6.52. The van der Waals surface area contributed by atoms with Crippen LogP contribution in [0.3, 0.4) is 0 Å². The summed E-state index contributed by atoms with van der Waals surface area (Å²) in [7, 11) is 1.74. The van der Waals surface area contributed by atoms with Crippen molar-refractivity contribution in [2.45, 2.75) is 64.7 Å². The number of fused-ring (bicyclic) bond motifs is 4. The summed E-state index contributed by atoms with van der Waals surface area (Å²) in [6.07, 6.45) is 8.38. The molecule has 0 amide bonds. The van der Waals surface area contributed by atoms with Crippen LogP contribution in [-0.4, -0.2) is 43.8 Å². The van der Waals surface area contributed by atoms with E-state index in [1.807, 2.05) is 25.1 Å². The van der Waals surface area contributed by atoms with Crippen LogP contribution in [0.15, 0.2) is 47.1 Å². The molecule has 35 heavy (non-hydrogen) atoms. The van der Waals surface area contributed by atoms with Gasteiger partial charge < -0.3 is 14.6 Å². The van der Waals surface area contributed by atoms with Gasteiger partial charge in [-0.25, -0.2) is 4.79 Å². The van der Waals surface area contributed by atoms with Crippen LogP contribution in [-0.2, 0) is 14.3 Å². The number of benzene rings is 1. The van der Waals surface area contributed by atoms with E-state index in [1.165, 1.54) is 22.3 Å². The molecule has 0 heterocycles. The van der Waals surface area contributed by atoms with Gasteiger partial charge in [-0.15, -0.1) is 0 Å². The lowest BCUT2D eigenvalue weighted by Gasteiger charge is -2.56. The van der Waals surface area contributed by atoms with Crippen LogP contribution < -0.4 is 0 Å². The summed E-state index contributed by atoms with van der Waals surface area (Å²) in [6, 6.07) is 7.94. The van der Waals surface area contributed by atoms with Gasteiger partial charge in [0.25, 0.3) is 0 Å². The van der Waals surface area contributed by atoms with Crippen molar-refractivity contribution < 1.29 is 24.2 Å². The summed E-state index contributed by atoms with van der Waals surface area (Å²) in [5, 5.41) is 10.7. The maximum atomic E-state index is 12.3. The Balaban J connectivity index is 1.62. The standard InChI is InChI=1S/C30H38O5/c1-4-35-28(33)20-7-5-19(6-8-20)25-16-29(2)26(13-14-30(29,17-31)18-34-3)24-11-9-21-15-22(32)10-12-23(21)27(24)25/h5-8,15,24-26,31H,4,9-14,16-18H2,1-3H3/t24-,25+,26-,29-,30?/m0/s1. The maximum Gasteiger partial charge on any atom is 0.338 e. The van der Waals surface area contributed by atoms with Gasteiger partial charge in [-0.1, -0.05) is 24.6 Å². The largest absolute Gasteiger partial charge is 0.462 e. The summed E-state index contributed by atoms with van der Waals surface area (Å²) < 4.78 is 10.9. The first-order valence-electron chi connectivity index (χ1n) is 13.2. The normalized spacial score (nSPS) is 34.1. The first-order valence-corrected chi connectivity index (χ1v) is 13.2. The van der Waals surface area contributed by atoms with E-state index in [-0.39, 0.29) is 35.1 Å². The Bertz CT molecular complexity index is 1070. The molecule has 1 unspecified atom stereocenters. The maximum absolute atomic E-state index is 12.3. The van der Waals surface area contributed by atoms with Crippen molar-refractivity contribution in [1.82, 2.24) is 0 Å². The number of esters is 1. The van der Waals surface area contributed by atoms with Gasteiger partial charge in [-0.3, -0.25) is 4.79 Å². The Labute approximate surface area is 208 Å². The molecule has 188 valence electrons. The number of methoxy groups -OCH3 is 1. The van der Waals surface area contributed by atoms with Gasteiger partial charge in [-0.2, -0.15) is 0 Å². The van der Waals surface area contributed by atoms with Gasteiger partial charge in [0.15, 0.2) is 5.78 Å². The van der Waals surface area contributed by atoms with E-state index in [0.717, 1.165) is 38.5 Å². The highest BCUT2D eigenvalue weighted by Crippen LogP contribution is 2.69. The molecular formula is C30H38O5. The van der Waals surface area contributed by atoms with E-state index >= 15 is 0 Å². The first-order chi connectivity index (χ1) is 16.9. The highest BCUT2D eigenvalue weighted by atomic mass is 16.5. The molecule has 2 saturated carbocycles. The number of allylic oxidation sites excluding steroid dienone is 4. The lowest BCUT2D eigenvalue weighted by molar-refractivity contribution is -0.114. The highest BCUT2D eigenvalue weighted by Gasteiger charge is 2.62. The summed E-state index contributed by atoms with van der Waals surface area (Å²) >= 11 is 0. The number of ketones is 1. The van der Waals surface area contributed by atoms with Gasteiger partial charge in [0.2, 0.25) is 0 Å². The van der Waals surface area contributed by atoms with Crippen LogP contribution >= 0.6 is 0 Å². The minimum atomic E-state index is -0.293. The van der Waals surface area contributed by atoms with Crippen molar-refractivity contribution in [3.8, 4) is 0 Å². The molecule has 0 aliphatic heterocycles. The van der Waals surface area contributed by atoms with E-state index < -0.39 is 0 Å². The summed E-state index contributed by atoms with van der Waals surface area (Å²) in [5.41, 5.74) is 5.66. The summed E-state index contributed by atoms with van der Waals surface area (Å²) in [4.78, 5) is 24.5. The Hall–Kier alpha value is -2.24. The molecule has 2 fully saturated rings. The molecule has 4 aliphatic rings. The van der Waals surface area contributed by atoms with Crippen molar-refractivity contribution >= 4 is 11.8 Å². The Morgan fingerprint density at radius 1 is 1.14 bits per heavy atom. The SMILES string of the molecule is CCOC(=O)c1ccc([C@H]2C[C@@]3(C)[C@@H](CCC3(CO)COC)[C@@H]3CCC4=CC(=O)CCC4=C32)cc1. The quantitative estimate of drug-likeness (QED) is 0.555. The lowest BCUT2D eigenvalue weighted by Crippen LogP contribution is -2.51. The molecule has 0 aromatic heterocycles. The van der Waals surface area contributed by atoms with E-state index in [4.69, 9.17) is 9.47 Å². The minimum Gasteiger partial charge on any atom is -0.462 e. The van der Waals surface area contributed by atoms with Crippen LogP contribution in [0.4, 0.5) is 0 Å². The van der Waals surface area contributed by atoms with Gasteiger partial charge in [0.1, 0.15) is 0 Å². The van der Waals surface area contributed by atoms with Crippen molar-refractivity contribution in [3.63, 3.8) is 0 Å². The number of carbonyl (C=O) groups is 2. The summed E-state index contributed by atoms with van der Waals surface area (Å²) in [5.74, 6) is 1.11. The van der Waals surface area contributed by atoms with Gasteiger partial charge in [0, 0.05) is 24.9 Å². The summed E-state index contributed by atoms with van der Waals surface area (Å²) in [6.45, 7) is 5.27. The fourth-order valence-electron chi connectivity index (χ4n) is 8.05. The third kappa shape index (κ3) is 3.82. The fraction of sp³-hybridized carbons (Fsp3) is 0.600. The first kappa shape index (κ1) is 24.5. The third-order valence-corrected chi connectivity index (χ3v) is 9.82. The zero-order valence-electron chi connectivity index (χ0n) is 21.3. The number of aliphatic hydroxyl groups excluding tert-OH is 1. The molecule has 0 spiro atoms. The van der Waals surface area contributed by atoms with E-state index in [0.29, 0.717) is 37.0 Å². The molecule has 4 aliphatic carbocycles. The smallest absolute Gasteiger partial charge is 0.338 e. The number of hydrogen-bond acceptors (Lipinski definition) is 5. The zero-order valence-corrected chi connectivity index (χ0v) is 21.3. The van der Waals surface area contributed by atoms with Crippen molar-refractivity contribution in [2.24, 2.45) is 22.7 Å². The predicted octanol–water partition coefficient (Wildman–Crippen LogP) is 5.39. The molecule has 1 aromatic rings. The Morgan fingerprint density at radius 3 is 2.60 bits per heavy atom. The van der Waals surface area contributed by atoms with Gasteiger partial charge >= 0.3 is 5.97 Å². The number of ether oxygens (including phenoxy) is 2. The van der Waals surface area contributed by atoms with Crippen LogP contribution in [0.5, 0.6) is 0 Å². The van der Waals surface area contributed by atoms with Crippen LogP contribution in [0.1, 0.15) is 80.6 Å². The molecule has 1 N–H and O–H groups in total. The van der Waals surface area contributed by atoms with Crippen LogP contribution in [0, 0.1) is 22.7 Å². The second kappa shape index (κ2) is 9.33. The lowest BCUT2D eigenvalue weighted by atomic mass is 9.49. The van der Waals surface area contributed by atoms with Gasteiger partial charge in [-0.05, 0) is 97.6 Å². The highest BCUT2D eigenvalue weighted by molar-refractivity contribution is 5.93. The fourth-order valence-corrected chi connectivity index (χ4v) is 8.05. The van der Waals surface area contributed by atoms with E-state index in [1.54, 1.807) is 7.11 Å². The molecule has 5 heteroatoms. The van der Waals surface area contributed by atoms with Crippen molar-refractivity contribution in [1.29, 1.82) is 0 Å². The van der Waals surface area contributed by atoms with Crippen molar-refractivity contribution in [2.75, 3.05) is 26.9 Å². The number of aliphatic hydroxyl groups is 1. The topological polar surface area (TPSA) is 72.8 Å². The number of carbonyl (C=O) groups excluding carboxylic acids is 2. The Morgan fingerprint density at radius 2 is 1.91 bits per heavy atom. The van der Waals surface area contributed by atoms with E-state index in [9.17, 15) is 14.7 Å². The molecule has 1 aromatic carbocycles.